The molecule has 1 unspecified atom stereocenters. The Balaban J connectivity index is 2.14. The monoisotopic (exact) mass is 259 g/mol. The lowest BCUT2D eigenvalue weighted by molar-refractivity contribution is 0.0696. The van der Waals surface area contributed by atoms with E-state index in [-0.39, 0.29) is 10.8 Å². The Morgan fingerprint density at radius 1 is 1.28 bits per heavy atom. The number of hydrogen-bond donors (Lipinski definition) is 1. The summed E-state index contributed by atoms with van der Waals surface area (Å²) in [5, 5.41) is 9.89. The van der Waals surface area contributed by atoms with Crippen molar-refractivity contribution >= 4 is 17.7 Å². The van der Waals surface area contributed by atoms with E-state index in [2.05, 4.69) is 24.0 Å². The summed E-state index contributed by atoms with van der Waals surface area (Å²) in [5.74, 6) is -0.924. The van der Waals surface area contributed by atoms with Gasteiger partial charge in [0.2, 0.25) is 0 Å². The second kappa shape index (κ2) is 5.69. The molecular formula is C14H13NO2S. The highest BCUT2D eigenvalue weighted by atomic mass is 32.2. The van der Waals surface area contributed by atoms with Gasteiger partial charge in [-0.3, -0.25) is 0 Å². The SMILES string of the molecule is CC(Sc1cc(C(=O)O)ccn1)c1ccccc1. The van der Waals surface area contributed by atoms with Crippen LogP contribution < -0.4 is 0 Å². The third kappa shape index (κ3) is 3.11. The summed E-state index contributed by atoms with van der Waals surface area (Å²) in [6.07, 6.45) is 1.53. The molecule has 0 amide bonds. The van der Waals surface area contributed by atoms with Crippen molar-refractivity contribution in [3.63, 3.8) is 0 Å². The first-order valence-corrected chi connectivity index (χ1v) is 6.46. The summed E-state index contributed by atoms with van der Waals surface area (Å²) in [6, 6.07) is 13.2. The maximum Gasteiger partial charge on any atom is 0.335 e. The minimum atomic E-state index is -0.924. The molecule has 1 aromatic heterocycles. The highest BCUT2D eigenvalue weighted by Gasteiger charge is 2.10. The van der Waals surface area contributed by atoms with Crippen LogP contribution in [-0.2, 0) is 0 Å². The first kappa shape index (κ1) is 12.6. The van der Waals surface area contributed by atoms with Crippen LogP contribution in [0.3, 0.4) is 0 Å². The molecule has 0 bridgehead atoms. The molecule has 2 rings (SSSR count). The molecule has 0 aliphatic carbocycles. The van der Waals surface area contributed by atoms with E-state index in [9.17, 15) is 4.79 Å². The van der Waals surface area contributed by atoms with Crippen LogP contribution >= 0.6 is 11.8 Å². The van der Waals surface area contributed by atoms with Gasteiger partial charge in [-0.1, -0.05) is 42.1 Å². The zero-order valence-corrected chi connectivity index (χ0v) is 10.7. The average molecular weight is 259 g/mol. The number of benzene rings is 1. The van der Waals surface area contributed by atoms with E-state index in [1.807, 2.05) is 18.2 Å². The van der Waals surface area contributed by atoms with Crippen molar-refractivity contribution in [3.05, 3.63) is 59.8 Å². The molecule has 0 fully saturated rings. The number of hydrogen-bond acceptors (Lipinski definition) is 3. The standard InChI is InChI=1S/C14H13NO2S/c1-10(11-5-3-2-4-6-11)18-13-9-12(14(16)17)7-8-15-13/h2-10H,1H3,(H,16,17). The van der Waals surface area contributed by atoms with Gasteiger partial charge in [-0.15, -0.1) is 0 Å². The topological polar surface area (TPSA) is 50.2 Å². The first-order valence-electron chi connectivity index (χ1n) is 5.58. The molecule has 2 aromatic rings. The van der Waals surface area contributed by atoms with Crippen LogP contribution in [-0.4, -0.2) is 16.1 Å². The molecule has 0 saturated heterocycles. The maximum absolute atomic E-state index is 10.9. The maximum atomic E-state index is 10.9. The lowest BCUT2D eigenvalue weighted by Gasteiger charge is -2.10. The number of nitrogens with zero attached hydrogens (tertiary/aromatic N) is 1. The van der Waals surface area contributed by atoms with Crippen molar-refractivity contribution in [2.75, 3.05) is 0 Å². The van der Waals surface area contributed by atoms with Crippen molar-refractivity contribution < 1.29 is 9.90 Å². The number of aromatic carboxylic acids is 1. The molecular weight excluding hydrogens is 246 g/mol. The summed E-state index contributed by atoms with van der Waals surface area (Å²) in [5.41, 5.74) is 1.47. The van der Waals surface area contributed by atoms with Crippen LogP contribution in [0.5, 0.6) is 0 Å². The molecule has 1 N–H and O–H groups in total. The Bertz CT molecular complexity index is 543. The number of carboxylic acids is 1. The van der Waals surface area contributed by atoms with Crippen LogP contribution in [0.25, 0.3) is 0 Å². The first-order chi connectivity index (χ1) is 8.66. The van der Waals surface area contributed by atoms with E-state index in [0.717, 1.165) is 5.03 Å². The smallest absolute Gasteiger partial charge is 0.335 e. The fourth-order valence-electron chi connectivity index (χ4n) is 1.58. The number of carboxylic acid groups (broad SMARTS) is 1. The summed E-state index contributed by atoms with van der Waals surface area (Å²) >= 11 is 1.55. The van der Waals surface area contributed by atoms with E-state index in [4.69, 9.17) is 5.11 Å². The molecule has 92 valence electrons. The summed E-state index contributed by atoms with van der Waals surface area (Å²) in [6.45, 7) is 2.08. The zero-order chi connectivity index (χ0) is 13.0. The van der Waals surface area contributed by atoms with Crippen LogP contribution in [0.15, 0.2) is 53.7 Å². The van der Waals surface area contributed by atoms with Gasteiger partial charge in [-0.25, -0.2) is 9.78 Å². The quantitative estimate of drug-likeness (QED) is 0.852. The molecule has 0 aliphatic rings. The number of rotatable bonds is 4. The molecule has 0 radical (unpaired) electrons. The Kier molecular flexibility index (Phi) is 3.99. The van der Waals surface area contributed by atoms with E-state index in [0.29, 0.717) is 0 Å². The lowest BCUT2D eigenvalue weighted by atomic mass is 10.2. The van der Waals surface area contributed by atoms with Gasteiger partial charge in [0.15, 0.2) is 0 Å². The normalized spacial score (nSPS) is 12.1. The number of carbonyl (C=O) groups is 1. The molecule has 0 saturated carbocycles. The summed E-state index contributed by atoms with van der Waals surface area (Å²) < 4.78 is 0. The molecule has 1 atom stereocenters. The fourth-order valence-corrected chi connectivity index (χ4v) is 2.55. The summed E-state index contributed by atoms with van der Waals surface area (Å²) in [7, 11) is 0. The van der Waals surface area contributed by atoms with E-state index in [1.54, 1.807) is 17.8 Å². The predicted octanol–water partition coefficient (Wildman–Crippen LogP) is 3.63. The van der Waals surface area contributed by atoms with Gasteiger partial charge in [-0.05, 0) is 24.6 Å². The van der Waals surface area contributed by atoms with Gasteiger partial charge in [0.1, 0.15) is 0 Å². The molecule has 1 heterocycles. The Hall–Kier alpha value is -1.81. The second-order valence-electron chi connectivity index (χ2n) is 3.86. The van der Waals surface area contributed by atoms with Crippen molar-refractivity contribution in [3.8, 4) is 0 Å². The Labute approximate surface area is 110 Å². The lowest BCUT2D eigenvalue weighted by Crippen LogP contribution is -1.97. The van der Waals surface area contributed by atoms with Crippen molar-refractivity contribution in [2.24, 2.45) is 0 Å². The fraction of sp³-hybridized carbons (Fsp3) is 0.143. The van der Waals surface area contributed by atoms with Crippen LogP contribution in [0.1, 0.15) is 28.1 Å². The van der Waals surface area contributed by atoms with Crippen molar-refractivity contribution in [1.29, 1.82) is 0 Å². The number of pyridine rings is 1. The van der Waals surface area contributed by atoms with Crippen molar-refractivity contribution in [1.82, 2.24) is 4.98 Å². The van der Waals surface area contributed by atoms with E-state index < -0.39 is 5.97 Å². The predicted molar refractivity (Wildman–Crippen MR) is 71.9 cm³/mol. The second-order valence-corrected chi connectivity index (χ2v) is 5.22. The molecule has 0 aliphatic heterocycles. The van der Waals surface area contributed by atoms with Gasteiger partial charge >= 0.3 is 5.97 Å². The third-order valence-corrected chi connectivity index (χ3v) is 3.64. The number of thioether (sulfide) groups is 1. The summed E-state index contributed by atoms with van der Waals surface area (Å²) in [4.78, 5) is 15.1. The Morgan fingerprint density at radius 3 is 2.67 bits per heavy atom. The van der Waals surface area contributed by atoms with Crippen LogP contribution in [0.4, 0.5) is 0 Å². The molecule has 0 spiro atoms. The molecule has 4 heteroatoms. The Morgan fingerprint density at radius 2 is 2.00 bits per heavy atom. The van der Waals surface area contributed by atoms with Gasteiger partial charge in [0.25, 0.3) is 0 Å². The van der Waals surface area contributed by atoms with Gasteiger partial charge in [-0.2, -0.15) is 0 Å². The molecule has 1 aromatic carbocycles. The largest absolute Gasteiger partial charge is 0.478 e. The van der Waals surface area contributed by atoms with Crippen LogP contribution in [0.2, 0.25) is 0 Å². The molecule has 3 nitrogen and oxygen atoms in total. The highest BCUT2D eigenvalue weighted by molar-refractivity contribution is 7.99. The minimum absolute atomic E-state index is 0.239. The van der Waals surface area contributed by atoms with Gasteiger partial charge in [0.05, 0.1) is 10.6 Å². The average Bonchev–Trinajstić information content (AvgIpc) is 2.40. The zero-order valence-electron chi connectivity index (χ0n) is 9.91. The molecule has 18 heavy (non-hydrogen) atoms. The van der Waals surface area contributed by atoms with Gasteiger partial charge in [0, 0.05) is 11.4 Å². The van der Waals surface area contributed by atoms with E-state index in [1.165, 1.54) is 17.8 Å². The minimum Gasteiger partial charge on any atom is -0.478 e. The third-order valence-electron chi connectivity index (χ3n) is 2.55. The van der Waals surface area contributed by atoms with Crippen molar-refractivity contribution in [2.45, 2.75) is 17.2 Å². The highest BCUT2D eigenvalue weighted by Crippen LogP contribution is 2.33. The van der Waals surface area contributed by atoms with Gasteiger partial charge < -0.3 is 5.11 Å². The van der Waals surface area contributed by atoms with Crippen LogP contribution in [0, 0.1) is 0 Å². The van der Waals surface area contributed by atoms with E-state index >= 15 is 0 Å². The number of aromatic nitrogens is 1.